The maximum atomic E-state index is 5.91. The Kier molecular flexibility index (Phi) is 6.98. The molecule has 0 heterocycles. The first-order valence-corrected chi connectivity index (χ1v) is 7.22. The van der Waals surface area contributed by atoms with Gasteiger partial charge in [0.05, 0.1) is 10.8 Å². The van der Waals surface area contributed by atoms with E-state index >= 15 is 0 Å². The molecule has 0 amide bonds. The van der Waals surface area contributed by atoms with Gasteiger partial charge in [0.15, 0.2) is 0 Å². The van der Waals surface area contributed by atoms with E-state index in [2.05, 4.69) is 27.2 Å². The van der Waals surface area contributed by atoms with Crippen LogP contribution in [-0.4, -0.2) is 18.1 Å². The summed E-state index contributed by atoms with van der Waals surface area (Å²) in [4.78, 5) is 0. The second-order valence-corrected chi connectivity index (χ2v) is 5.55. The molecule has 86 valence electrons. The van der Waals surface area contributed by atoms with Gasteiger partial charge >= 0.3 is 0 Å². The Morgan fingerprint density at radius 3 is 3.00 bits per heavy atom. The number of halogens is 2. The molecule has 4 heteroatoms. The Hall–Kier alpha value is -0.140. The zero-order valence-electron chi connectivity index (χ0n) is 8.80. The first-order chi connectivity index (χ1) is 7.74. The van der Waals surface area contributed by atoms with Crippen molar-refractivity contribution in [3.05, 3.63) is 33.3 Å². The Balaban J connectivity index is 2.22. The van der Waals surface area contributed by atoms with Gasteiger partial charge in [0.1, 0.15) is 0 Å². The summed E-state index contributed by atoms with van der Waals surface area (Å²) >= 11 is 11.1. The van der Waals surface area contributed by atoms with Crippen LogP contribution >= 0.6 is 39.3 Å². The second-order valence-electron chi connectivity index (χ2n) is 3.18. The van der Waals surface area contributed by atoms with Crippen molar-refractivity contribution >= 4 is 39.3 Å². The summed E-state index contributed by atoms with van der Waals surface area (Å²) < 4.78 is 0.940. The van der Waals surface area contributed by atoms with Crippen molar-refractivity contribution in [2.24, 2.45) is 0 Å². The van der Waals surface area contributed by atoms with Crippen LogP contribution in [0.3, 0.4) is 0 Å². The lowest BCUT2D eigenvalue weighted by atomic mass is 10.2. The molecule has 1 rings (SSSR count). The quantitative estimate of drug-likeness (QED) is 0.636. The zero-order chi connectivity index (χ0) is 11.8. The van der Waals surface area contributed by atoms with Gasteiger partial charge in [-0.25, -0.2) is 0 Å². The molecule has 1 aromatic carbocycles. The minimum atomic E-state index is 0.744. The van der Waals surface area contributed by atoms with Crippen LogP contribution in [0.4, 0.5) is 0 Å². The van der Waals surface area contributed by atoms with Crippen LogP contribution in [0.2, 0.25) is 5.02 Å². The Bertz CT molecular complexity index is 376. The molecule has 0 aliphatic rings. The first kappa shape index (κ1) is 13.9. The molecule has 0 atom stereocenters. The van der Waals surface area contributed by atoms with Gasteiger partial charge in [-0.3, -0.25) is 0 Å². The lowest BCUT2D eigenvalue weighted by molar-refractivity contribution is 0.732. The average Bonchev–Trinajstić information content (AvgIpc) is 2.28. The van der Waals surface area contributed by atoms with E-state index in [1.54, 1.807) is 11.8 Å². The summed E-state index contributed by atoms with van der Waals surface area (Å²) in [5, 5.41) is 4.10. The number of rotatable bonds is 6. The van der Waals surface area contributed by atoms with Crippen LogP contribution in [-0.2, 0) is 6.54 Å². The van der Waals surface area contributed by atoms with E-state index in [-0.39, 0.29) is 0 Å². The SMILES string of the molecule is C#CCSCCNCc1ccc(Cl)c(Br)c1. The Morgan fingerprint density at radius 2 is 2.31 bits per heavy atom. The smallest absolute Gasteiger partial charge is 0.0548 e. The second kappa shape index (κ2) is 8.03. The number of thioether (sulfide) groups is 1. The van der Waals surface area contributed by atoms with E-state index in [9.17, 15) is 0 Å². The average molecular weight is 319 g/mol. The molecule has 0 bridgehead atoms. The molecule has 0 saturated heterocycles. The van der Waals surface area contributed by atoms with Gasteiger partial charge in [-0.2, -0.15) is 0 Å². The van der Waals surface area contributed by atoms with Gasteiger partial charge in [-0.05, 0) is 33.6 Å². The molecule has 0 aromatic heterocycles. The summed E-state index contributed by atoms with van der Waals surface area (Å²) in [6, 6.07) is 5.95. The first-order valence-electron chi connectivity index (χ1n) is 4.90. The third-order valence-corrected chi connectivity index (χ3v) is 4.00. The number of nitrogens with one attached hydrogen (secondary N) is 1. The molecule has 0 aliphatic carbocycles. The molecule has 1 N–H and O–H groups in total. The third-order valence-electron chi connectivity index (χ3n) is 1.92. The van der Waals surface area contributed by atoms with Crippen LogP contribution in [0.25, 0.3) is 0 Å². The maximum absolute atomic E-state index is 5.91. The van der Waals surface area contributed by atoms with Gasteiger partial charge < -0.3 is 5.32 Å². The van der Waals surface area contributed by atoms with Gasteiger partial charge in [0.25, 0.3) is 0 Å². The number of hydrogen-bond donors (Lipinski definition) is 1. The standard InChI is InChI=1S/C12H13BrClNS/c1-2-6-16-7-5-15-9-10-3-4-12(14)11(13)8-10/h1,3-4,8,15H,5-7,9H2. The van der Waals surface area contributed by atoms with Gasteiger partial charge in [0.2, 0.25) is 0 Å². The molecule has 0 unspecified atom stereocenters. The highest BCUT2D eigenvalue weighted by molar-refractivity contribution is 9.10. The van der Waals surface area contributed by atoms with Crippen LogP contribution < -0.4 is 5.32 Å². The topological polar surface area (TPSA) is 12.0 Å². The Labute approximate surface area is 114 Å². The van der Waals surface area contributed by atoms with Crippen molar-refractivity contribution in [3.63, 3.8) is 0 Å². The summed E-state index contributed by atoms with van der Waals surface area (Å²) in [5.41, 5.74) is 1.22. The van der Waals surface area contributed by atoms with Crippen LogP contribution in [0.15, 0.2) is 22.7 Å². The summed E-state index contributed by atoms with van der Waals surface area (Å²) in [6.45, 7) is 1.82. The lowest BCUT2D eigenvalue weighted by Gasteiger charge is -2.05. The fourth-order valence-corrected chi connectivity index (χ4v) is 2.25. The molecule has 0 saturated carbocycles. The molecular formula is C12H13BrClNS. The van der Waals surface area contributed by atoms with Crippen LogP contribution in [0, 0.1) is 12.3 Å². The van der Waals surface area contributed by atoms with Gasteiger partial charge in [-0.1, -0.05) is 23.6 Å². The molecule has 0 aliphatic heterocycles. The largest absolute Gasteiger partial charge is 0.312 e. The highest BCUT2D eigenvalue weighted by Gasteiger charge is 1.98. The van der Waals surface area contributed by atoms with Gasteiger partial charge in [0, 0.05) is 23.3 Å². The van der Waals surface area contributed by atoms with E-state index in [1.165, 1.54) is 5.56 Å². The number of terminal acetylenes is 1. The van der Waals surface area contributed by atoms with Crippen molar-refractivity contribution in [2.45, 2.75) is 6.54 Å². The normalized spacial score (nSPS) is 10.1. The predicted molar refractivity (Wildman–Crippen MR) is 77.0 cm³/mol. The maximum Gasteiger partial charge on any atom is 0.0548 e. The highest BCUT2D eigenvalue weighted by Crippen LogP contribution is 2.22. The summed E-state index contributed by atoms with van der Waals surface area (Å²) in [5.74, 6) is 4.43. The number of benzene rings is 1. The van der Waals surface area contributed by atoms with E-state index < -0.39 is 0 Å². The van der Waals surface area contributed by atoms with Crippen molar-refractivity contribution in [1.82, 2.24) is 5.32 Å². The van der Waals surface area contributed by atoms with E-state index in [4.69, 9.17) is 18.0 Å². The minimum Gasteiger partial charge on any atom is -0.312 e. The van der Waals surface area contributed by atoms with Crippen LogP contribution in [0.1, 0.15) is 5.56 Å². The summed E-state index contributed by atoms with van der Waals surface area (Å²) in [6.07, 6.45) is 5.16. The minimum absolute atomic E-state index is 0.744. The monoisotopic (exact) mass is 317 g/mol. The fourth-order valence-electron chi connectivity index (χ4n) is 1.16. The van der Waals surface area contributed by atoms with E-state index in [0.29, 0.717) is 0 Å². The van der Waals surface area contributed by atoms with Crippen LogP contribution in [0.5, 0.6) is 0 Å². The van der Waals surface area contributed by atoms with Crippen molar-refractivity contribution in [1.29, 1.82) is 0 Å². The number of hydrogen-bond acceptors (Lipinski definition) is 2. The highest BCUT2D eigenvalue weighted by atomic mass is 79.9. The third kappa shape index (κ3) is 5.27. The molecule has 1 aromatic rings. The molecule has 0 spiro atoms. The molecule has 16 heavy (non-hydrogen) atoms. The predicted octanol–water partition coefficient (Wildman–Crippen LogP) is 3.56. The molecule has 0 fully saturated rings. The fraction of sp³-hybridized carbons (Fsp3) is 0.333. The molecular weight excluding hydrogens is 306 g/mol. The lowest BCUT2D eigenvalue weighted by Crippen LogP contribution is -2.16. The zero-order valence-corrected chi connectivity index (χ0v) is 12.0. The molecule has 0 radical (unpaired) electrons. The van der Waals surface area contributed by atoms with E-state index in [0.717, 1.165) is 34.1 Å². The van der Waals surface area contributed by atoms with Crippen molar-refractivity contribution < 1.29 is 0 Å². The van der Waals surface area contributed by atoms with E-state index in [1.807, 2.05) is 18.2 Å². The summed E-state index contributed by atoms with van der Waals surface area (Å²) in [7, 11) is 0. The van der Waals surface area contributed by atoms with Crippen molar-refractivity contribution in [2.75, 3.05) is 18.1 Å². The molecule has 1 nitrogen and oxygen atoms in total. The van der Waals surface area contributed by atoms with Crippen molar-refractivity contribution in [3.8, 4) is 12.3 Å². The van der Waals surface area contributed by atoms with Gasteiger partial charge in [-0.15, -0.1) is 18.2 Å². The Morgan fingerprint density at radius 1 is 1.50 bits per heavy atom.